The van der Waals surface area contributed by atoms with Crippen molar-refractivity contribution in [1.82, 2.24) is 9.62 Å². The average molecular weight is 376 g/mol. The van der Waals surface area contributed by atoms with E-state index in [4.69, 9.17) is 0 Å². The zero-order valence-electron chi connectivity index (χ0n) is 14.5. The number of carbonyl (C=O) groups excluding carboxylic acids is 1. The van der Waals surface area contributed by atoms with Crippen LogP contribution in [0.25, 0.3) is 0 Å². The summed E-state index contributed by atoms with van der Waals surface area (Å²) in [6, 6.07) is 4.98. The van der Waals surface area contributed by atoms with E-state index in [-0.39, 0.29) is 23.2 Å². The van der Waals surface area contributed by atoms with Gasteiger partial charge in [0.05, 0.1) is 10.3 Å². The van der Waals surface area contributed by atoms with Gasteiger partial charge in [-0.2, -0.15) is 0 Å². The Kier molecular flexibility index (Phi) is 6.81. The van der Waals surface area contributed by atoms with Crippen molar-refractivity contribution in [2.24, 2.45) is 5.41 Å². The lowest BCUT2D eigenvalue weighted by Gasteiger charge is -2.32. The second-order valence-electron chi connectivity index (χ2n) is 6.56. The first-order chi connectivity index (χ1) is 10.7. The van der Waals surface area contributed by atoms with Gasteiger partial charge in [-0.15, -0.1) is 12.4 Å². The number of hydrogen-bond acceptors (Lipinski definition) is 4. The maximum Gasteiger partial charge on any atom is 0.242 e. The number of hydrogen-bond donors (Lipinski definition) is 2. The number of anilines is 1. The summed E-state index contributed by atoms with van der Waals surface area (Å²) < 4.78 is 25.9. The molecule has 1 heterocycles. The van der Waals surface area contributed by atoms with E-state index < -0.39 is 15.4 Å². The Bertz CT molecular complexity index is 699. The molecule has 2 N–H and O–H groups in total. The highest BCUT2D eigenvalue weighted by Crippen LogP contribution is 2.28. The number of benzene rings is 1. The number of sulfonamides is 1. The van der Waals surface area contributed by atoms with Gasteiger partial charge in [0.15, 0.2) is 0 Å². The SMILES string of the molecule is Cc1ccc(NC(=O)C2(C)CCCNC2)cc1S(=O)(=O)N(C)C.Cl. The highest BCUT2D eigenvalue weighted by molar-refractivity contribution is 7.89. The van der Waals surface area contributed by atoms with E-state index in [0.29, 0.717) is 17.8 Å². The smallest absolute Gasteiger partial charge is 0.242 e. The molecule has 1 aromatic rings. The van der Waals surface area contributed by atoms with Crippen molar-refractivity contribution in [3.63, 3.8) is 0 Å². The molecule has 0 spiro atoms. The molecule has 2 rings (SSSR count). The van der Waals surface area contributed by atoms with E-state index in [1.807, 2.05) is 6.92 Å². The van der Waals surface area contributed by atoms with Gasteiger partial charge in [-0.1, -0.05) is 6.07 Å². The van der Waals surface area contributed by atoms with Crippen LogP contribution in [0.4, 0.5) is 5.69 Å². The summed E-state index contributed by atoms with van der Waals surface area (Å²) in [4.78, 5) is 12.8. The van der Waals surface area contributed by atoms with Crippen LogP contribution in [0.15, 0.2) is 23.1 Å². The molecule has 1 atom stereocenters. The summed E-state index contributed by atoms with van der Waals surface area (Å²) in [5.41, 5.74) is 0.694. The Morgan fingerprint density at radius 3 is 2.54 bits per heavy atom. The molecule has 8 heteroatoms. The maximum absolute atomic E-state index is 12.6. The van der Waals surface area contributed by atoms with Crippen LogP contribution in [0.2, 0.25) is 0 Å². The van der Waals surface area contributed by atoms with Crippen molar-refractivity contribution in [1.29, 1.82) is 0 Å². The average Bonchev–Trinajstić information content (AvgIpc) is 2.49. The number of nitrogens with one attached hydrogen (secondary N) is 2. The number of halogens is 1. The third-order valence-electron chi connectivity index (χ3n) is 4.35. The van der Waals surface area contributed by atoms with E-state index in [1.54, 1.807) is 19.1 Å². The van der Waals surface area contributed by atoms with Crippen molar-refractivity contribution in [3.8, 4) is 0 Å². The van der Waals surface area contributed by atoms with Crippen LogP contribution in [0, 0.1) is 12.3 Å². The van der Waals surface area contributed by atoms with Gasteiger partial charge in [0.1, 0.15) is 0 Å². The molecule has 0 aromatic heterocycles. The van der Waals surface area contributed by atoms with Crippen LogP contribution in [-0.4, -0.2) is 45.8 Å². The fourth-order valence-electron chi connectivity index (χ4n) is 2.68. The van der Waals surface area contributed by atoms with Crippen molar-refractivity contribution in [2.45, 2.75) is 31.6 Å². The predicted molar refractivity (Wildman–Crippen MR) is 98.1 cm³/mol. The van der Waals surface area contributed by atoms with Crippen molar-refractivity contribution in [3.05, 3.63) is 23.8 Å². The standard InChI is InChI=1S/C16H25N3O3S.ClH/c1-12-6-7-13(10-14(12)23(21,22)19(3)4)18-15(20)16(2)8-5-9-17-11-16;/h6-7,10,17H,5,8-9,11H2,1-4H3,(H,18,20);1H. The van der Waals surface area contributed by atoms with Gasteiger partial charge in [0, 0.05) is 26.3 Å². The second kappa shape index (κ2) is 7.82. The maximum atomic E-state index is 12.6. The molecule has 1 aliphatic heterocycles. The highest BCUT2D eigenvalue weighted by Gasteiger charge is 2.34. The molecule has 24 heavy (non-hydrogen) atoms. The molecule has 1 aliphatic rings. The van der Waals surface area contributed by atoms with Crippen LogP contribution < -0.4 is 10.6 Å². The zero-order chi connectivity index (χ0) is 17.3. The topological polar surface area (TPSA) is 78.5 Å². The van der Waals surface area contributed by atoms with Crippen molar-refractivity contribution in [2.75, 3.05) is 32.5 Å². The van der Waals surface area contributed by atoms with E-state index >= 15 is 0 Å². The summed E-state index contributed by atoms with van der Waals surface area (Å²) >= 11 is 0. The molecule has 1 amide bonds. The molecule has 0 bridgehead atoms. The third-order valence-corrected chi connectivity index (χ3v) is 6.31. The second-order valence-corrected chi connectivity index (χ2v) is 8.68. The van der Waals surface area contributed by atoms with E-state index in [1.165, 1.54) is 24.5 Å². The monoisotopic (exact) mass is 375 g/mol. The Balaban J connectivity index is 0.00000288. The summed E-state index contributed by atoms with van der Waals surface area (Å²) in [5, 5.41) is 6.11. The molecule has 1 aromatic carbocycles. The van der Waals surface area contributed by atoms with Crippen molar-refractivity contribution < 1.29 is 13.2 Å². The van der Waals surface area contributed by atoms with Gasteiger partial charge in [-0.25, -0.2) is 12.7 Å². The molecule has 0 saturated carbocycles. The van der Waals surface area contributed by atoms with Gasteiger partial charge in [-0.3, -0.25) is 4.79 Å². The Labute approximate surface area is 150 Å². The van der Waals surface area contributed by atoms with Gasteiger partial charge in [0.2, 0.25) is 15.9 Å². The summed E-state index contributed by atoms with van der Waals surface area (Å²) in [7, 11) is -0.547. The van der Waals surface area contributed by atoms with Crippen LogP contribution in [0.5, 0.6) is 0 Å². The minimum atomic E-state index is -3.54. The first-order valence-corrected chi connectivity index (χ1v) is 9.16. The lowest BCUT2D eigenvalue weighted by Crippen LogP contribution is -2.46. The number of carbonyl (C=O) groups is 1. The fraction of sp³-hybridized carbons (Fsp3) is 0.562. The molecule has 136 valence electrons. The van der Waals surface area contributed by atoms with Crippen LogP contribution in [0.1, 0.15) is 25.3 Å². The van der Waals surface area contributed by atoms with Gasteiger partial charge in [-0.05, 0) is 50.9 Å². The number of piperidine rings is 1. The van der Waals surface area contributed by atoms with Crippen LogP contribution >= 0.6 is 12.4 Å². The number of nitrogens with zero attached hydrogens (tertiary/aromatic N) is 1. The summed E-state index contributed by atoms with van der Waals surface area (Å²) in [5.74, 6) is -0.0817. The molecular weight excluding hydrogens is 350 g/mol. The fourth-order valence-corrected chi connectivity index (χ4v) is 3.83. The van der Waals surface area contributed by atoms with Crippen molar-refractivity contribution >= 4 is 34.0 Å². The Morgan fingerprint density at radius 2 is 2.00 bits per heavy atom. The number of aryl methyl sites for hydroxylation is 1. The molecule has 0 radical (unpaired) electrons. The first kappa shape index (κ1) is 20.9. The number of rotatable bonds is 4. The minimum Gasteiger partial charge on any atom is -0.326 e. The quantitative estimate of drug-likeness (QED) is 0.843. The number of amides is 1. The Hall–Kier alpha value is -1.15. The van der Waals surface area contributed by atoms with Crippen LogP contribution in [-0.2, 0) is 14.8 Å². The summed E-state index contributed by atoms with van der Waals surface area (Å²) in [6.45, 7) is 5.24. The lowest BCUT2D eigenvalue weighted by atomic mass is 9.82. The van der Waals surface area contributed by atoms with E-state index in [0.717, 1.165) is 19.4 Å². The van der Waals surface area contributed by atoms with E-state index in [9.17, 15) is 13.2 Å². The zero-order valence-corrected chi connectivity index (χ0v) is 16.2. The lowest BCUT2D eigenvalue weighted by molar-refractivity contribution is -0.125. The first-order valence-electron chi connectivity index (χ1n) is 7.72. The normalized spacial score (nSPS) is 21.2. The van der Waals surface area contributed by atoms with E-state index in [2.05, 4.69) is 10.6 Å². The predicted octanol–water partition coefficient (Wildman–Crippen LogP) is 2.00. The molecule has 1 saturated heterocycles. The molecule has 0 aliphatic carbocycles. The molecule has 1 fully saturated rings. The molecular formula is C16H26ClN3O3S. The van der Waals surface area contributed by atoms with Gasteiger partial charge < -0.3 is 10.6 Å². The third kappa shape index (κ3) is 4.27. The molecule has 6 nitrogen and oxygen atoms in total. The largest absolute Gasteiger partial charge is 0.326 e. The highest BCUT2D eigenvalue weighted by atomic mass is 35.5. The minimum absolute atomic E-state index is 0. The van der Waals surface area contributed by atoms with Crippen LogP contribution in [0.3, 0.4) is 0 Å². The van der Waals surface area contributed by atoms with Gasteiger partial charge >= 0.3 is 0 Å². The molecule has 1 unspecified atom stereocenters. The Morgan fingerprint density at radius 1 is 1.33 bits per heavy atom. The van der Waals surface area contributed by atoms with Gasteiger partial charge in [0.25, 0.3) is 0 Å². The summed E-state index contributed by atoms with van der Waals surface area (Å²) in [6.07, 6.45) is 1.78.